The van der Waals surface area contributed by atoms with Crippen LogP contribution in [0.25, 0.3) is 0 Å². The number of aromatic nitrogens is 2. The Morgan fingerprint density at radius 1 is 1.18 bits per heavy atom. The predicted octanol–water partition coefficient (Wildman–Crippen LogP) is 3.67. The number of nitrogens with zero attached hydrogens (tertiary/aromatic N) is 3. The summed E-state index contributed by atoms with van der Waals surface area (Å²) in [6.07, 6.45) is 4.01. The lowest BCUT2D eigenvalue weighted by atomic mass is 10.0. The van der Waals surface area contributed by atoms with Crippen molar-refractivity contribution in [3.8, 4) is 0 Å². The summed E-state index contributed by atoms with van der Waals surface area (Å²) in [7, 11) is 1.68. The van der Waals surface area contributed by atoms with Crippen LogP contribution in [0.4, 0.5) is 10.1 Å². The number of amides is 1. The minimum atomic E-state index is -0.346. The van der Waals surface area contributed by atoms with Crippen molar-refractivity contribution in [2.45, 2.75) is 25.0 Å². The number of carbonyl (C=O) groups excluding carboxylic acids is 1. The maximum absolute atomic E-state index is 13.1. The fourth-order valence-electron chi connectivity index (χ4n) is 4.04. The average Bonchev–Trinajstić information content (AvgIpc) is 3.42. The van der Waals surface area contributed by atoms with Gasteiger partial charge in [-0.05, 0) is 60.7 Å². The number of halogens is 1. The van der Waals surface area contributed by atoms with Gasteiger partial charge >= 0.3 is 0 Å². The summed E-state index contributed by atoms with van der Waals surface area (Å²) in [6, 6.07) is 15.3. The Labute approximate surface area is 197 Å². The Bertz CT molecular complexity index is 1090. The van der Waals surface area contributed by atoms with Gasteiger partial charge in [0.05, 0.1) is 24.4 Å². The first-order chi connectivity index (χ1) is 16.1. The van der Waals surface area contributed by atoms with Crippen LogP contribution in [0.5, 0.6) is 0 Å². The highest BCUT2D eigenvalue weighted by Crippen LogP contribution is 2.38. The van der Waals surface area contributed by atoms with Gasteiger partial charge in [-0.25, -0.2) is 4.39 Å². The van der Waals surface area contributed by atoms with Gasteiger partial charge in [-0.1, -0.05) is 6.07 Å². The molecule has 0 saturated carbocycles. The molecule has 7 nitrogen and oxygen atoms in total. The van der Waals surface area contributed by atoms with Crippen molar-refractivity contribution in [3.63, 3.8) is 0 Å². The highest BCUT2D eigenvalue weighted by atomic mass is 32.1. The Morgan fingerprint density at radius 2 is 2.00 bits per heavy atom. The summed E-state index contributed by atoms with van der Waals surface area (Å²) in [5.41, 5.74) is 2.50. The van der Waals surface area contributed by atoms with E-state index in [4.69, 9.17) is 17.0 Å². The van der Waals surface area contributed by atoms with Crippen LogP contribution < -0.4 is 10.6 Å². The first-order valence-corrected chi connectivity index (χ1v) is 11.1. The van der Waals surface area contributed by atoms with E-state index < -0.39 is 0 Å². The molecule has 172 valence electrons. The molecule has 1 aliphatic rings. The van der Waals surface area contributed by atoms with Gasteiger partial charge in [0.15, 0.2) is 5.11 Å². The average molecular weight is 468 g/mol. The van der Waals surface area contributed by atoms with Crippen molar-refractivity contribution < 1.29 is 13.9 Å². The van der Waals surface area contributed by atoms with Gasteiger partial charge in [-0.15, -0.1) is 0 Å². The molecule has 3 aromatic rings. The van der Waals surface area contributed by atoms with E-state index in [1.807, 2.05) is 35.4 Å². The molecule has 1 aromatic carbocycles. The first kappa shape index (κ1) is 22.9. The van der Waals surface area contributed by atoms with Gasteiger partial charge in [0.25, 0.3) is 0 Å². The van der Waals surface area contributed by atoms with Crippen LogP contribution in [0.1, 0.15) is 29.9 Å². The molecule has 2 aromatic heterocycles. The second-order valence-electron chi connectivity index (χ2n) is 7.74. The molecule has 2 N–H and O–H groups in total. The zero-order valence-corrected chi connectivity index (χ0v) is 19.1. The summed E-state index contributed by atoms with van der Waals surface area (Å²) < 4.78 is 20.5. The van der Waals surface area contributed by atoms with E-state index in [0.29, 0.717) is 30.5 Å². The zero-order chi connectivity index (χ0) is 23.2. The number of anilines is 1. The minimum absolute atomic E-state index is 0.141. The van der Waals surface area contributed by atoms with Gasteiger partial charge in [0.1, 0.15) is 5.82 Å². The summed E-state index contributed by atoms with van der Waals surface area (Å²) in [6.45, 7) is 1.71. The van der Waals surface area contributed by atoms with E-state index >= 15 is 0 Å². The highest BCUT2D eigenvalue weighted by Gasteiger charge is 2.41. The number of pyridine rings is 1. The number of thiocarbonyl (C=S) groups is 1. The molecule has 4 rings (SSSR count). The molecule has 1 amide bonds. The smallest absolute Gasteiger partial charge is 0.226 e. The predicted molar refractivity (Wildman–Crippen MR) is 128 cm³/mol. The number of hydrogen-bond donors (Lipinski definition) is 2. The molecule has 9 heteroatoms. The number of nitrogens with one attached hydrogen (secondary N) is 2. The largest absolute Gasteiger partial charge is 0.383 e. The van der Waals surface area contributed by atoms with Crippen molar-refractivity contribution in [1.29, 1.82) is 0 Å². The van der Waals surface area contributed by atoms with E-state index in [0.717, 1.165) is 11.4 Å². The number of hydrogen-bond acceptors (Lipinski definition) is 4. The Kier molecular flexibility index (Phi) is 7.31. The summed E-state index contributed by atoms with van der Waals surface area (Å²) in [5.74, 6) is -0.513. The van der Waals surface area contributed by atoms with Crippen LogP contribution in [-0.4, -0.2) is 45.7 Å². The van der Waals surface area contributed by atoms with Gasteiger partial charge in [-0.2, -0.15) is 0 Å². The van der Waals surface area contributed by atoms with Gasteiger partial charge in [0, 0.05) is 50.4 Å². The van der Waals surface area contributed by atoms with Crippen LogP contribution in [-0.2, 0) is 16.1 Å². The summed E-state index contributed by atoms with van der Waals surface area (Å²) in [5, 5.41) is 6.78. The third-order valence-electron chi connectivity index (χ3n) is 5.61. The molecule has 1 fully saturated rings. The first-order valence-electron chi connectivity index (χ1n) is 10.7. The molecule has 2 atom stereocenters. The van der Waals surface area contributed by atoms with Crippen LogP contribution in [0.15, 0.2) is 67.0 Å². The molecule has 0 radical (unpaired) electrons. The van der Waals surface area contributed by atoms with E-state index in [1.165, 1.54) is 24.3 Å². The third kappa shape index (κ3) is 5.37. The molecule has 3 heterocycles. The number of ether oxygens (including phenoxy) is 1. The Balaban J connectivity index is 1.54. The third-order valence-corrected chi connectivity index (χ3v) is 5.96. The van der Waals surface area contributed by atoms with E-state index in [1.54, 1.807) is 13.3 Å². The molecular formula is C24H26FN5O2S. The normalized spacial score (nSPS) is 17.8. The maximum Gasteiger partial charge on any atom is 0.226 e. The molecule has 0 aliphatic carbocycles. The molecular weight excluding hydrogens is 441 g/mol. The van der Waals surface area contributed by atoms with Crippen molar-refractivity contribution in [2.75, 3.05) is 25.6 Å². The lowest BCUT2D eigenvalue weighted by molar-refractivity contribution is -0.116. The zero-order valence-electron chi connectivity index (χ0n) is 18.3. The Morgan fingerprint density at radius 3 is 2.73 bits per heavy atom. The molecule has 0 spiro atoms. The number of rotatable bonds is 9. The van der Waals surface area contributed by atoms with Gasteiger partial charge in [0.2, 0.25) is 5.91 Å². The molecule has 2 unspecified atom stereocenters. The SMILES string of the molecule is COCCn1cccc1C1C(c2ccccn2)NC(=S)N1CCC(=O)Nc1ccc(F)cc1. The van der Waals surface area contributed by atoms with E-state index in [9.17, 15) is 9.18 Å². The fraction of sp³-hybridized carbons (Fsp3) is 0.292. The van der Waals surface area contributed by atoms with Crippen molar-refractivity contribution >= 4 is 28.9 Å². The van der Waals surface area contributed by atoms with Crippen LogP contribution >= 0.6 is 12.2 Å². The molecule has 1 aliphatic heterocycles. The van der Waals surface area contributed by atoms with Crippen LogP contribution in [0.2, 0.25) is 0 Å². The fourth-order valence-corrected chi connectivity index (χ4v) is 4.37. The molecule has 0 bridgehead atoms. The second-order valence-corrected chi connectivity index (χ2v) is 8.13. The molecule has 1 saturated heterocycles. The number of methoxy groups -OCH3 is 1. The minimum Gasteiger partial charge on any atom is -0.383 e. The van der Waals surface area contributed by atoms with Crippen molar-refractivity contribution in [2.24, 2.45) is 0 Å². The number of benzene rings is 1. The molecule has 33 heavy (non-hydrogen) atoms. The summed E-state index contributed by atoms with van der Waals surface area (Å²) in [4.78, 5) is 19.2. The lowest BCUT2D eigenvalue weighted by Crippen LogP contribution is -2.33. The van der Waals surface area contributed by atoms with E-state index in [-0.39, 0.29) is 30.2 Å². The summed E-state index contributed by atoms with van der Waals surface area (Å²) >= 11 is 5.68. The quantitative estimate of drug-likeness (QED) is 0.468. The van der Waals surface area contributed by atoms with Crippen molar-refractivity contribution in [1.82, 2.24) is 19.8 Å². The van der Waals surface area contributed by atoms with Crippen LogP contribution in [0.3, 0.4) is 0 Å². The second kappa shape index (κ2) is 10.5. The Hall–Kier alpha value is -3.30. The topological polar surface area (TPSA) is 71.4 Å². The number of carbonyl (C=O) groups is 1. The van der Waals surface area contributed by atoms with Gasteiger partial charge < -0.3 is 24.8 Å². The highest BCUT2D eigenvalue weighted by molar-refractivity contribution is 7.80. The lowest BCUT2D eigenvalue weighted by Gasteiger charge is -2.28. The van der Waals surface area contributed by atoms with Crippen LogP contribution in [0, 0.1) is 5.82 Å². The van der Waals surface area contributed by atoms with E-state index in [2.05, 4.69) is 26.3 Å². The standard InChI is InChI=1S/C24H26FN5O2S/c1-32-16-15-29-13-4-6-20(29)23-22(19-5-2-3-12-26-19)28-24(33)30(23)14-11-21(31)27-18-9-7-17(25)8-10-18/h2-10,12-13,22-23H,11,14-16H2,1H3,(H,27,31)(H,28,33). The van der Waals surface area contributed by atoms with Gasteiger partial charge in [-0.3, -0.25) is 9.78 Å². The van der Waals surface area contributed by atoms with Crippen molar-refractivity contribution in [3.05, 3.63) is 84.2 Å². The maximum atomic E-state index is 13.1. The monoisotopic (exact) mass is 467 g/mol.